The number of esters is 1. The van der Waals surface area contributed by atoms with Gasteiger partial charge in [-0.25, -0.2) is 4.79 Å². The van der Waals surface area contributed by atoms with Gasteiger partial charge in [-0.3, -0.25) is 0 Å². The Balaban J connectivity index is 2.21. The molecule has 2 N–H and O–H groups in total. The molecule has 22 heavy (non-hydrogen) atoms. The summed E-state index contributed by atoms with van der Waals surface area (Å²) in [6.07, 6.45) is 0. The average molecular weight is 301 g/mol. The molecule has 0 aromatic heterocycles. The topological polar surface area (TPSA) is 70.8 Å². The lowest BCUT2D eigenvalue weighted by molar-refractivity contribution is 0.0527. The van der Waals surface area contributed by atoms with Crippen LogP contribution in [0.2, 0.25) is 0 Å². The van der Waals surface area contributed by atoms with Crippen molar-refractivity contribution in [2.24, 2.45) is 0 Å². The number of hydrogen-bond acceptors (Lipinski definition) is 5. The first kappa shape index (κ1) is 15.7. The first-order valence-corrected chi connectivity index (χ1v) is 6.97. The molecular weight excluding hydrogens is 282 g/mol. The summed E-state index contributed by atoms with van der Waals surface area (Å²) in [6, 6.07) is 12.9. The van der Waals surface area contributed by atoms with Crippen molar-refractivity contribution in [2.45, 2.75) is 13.5 Å². The normalized spacial score (nSPS) is 10.1. The molecule has 5 nitrogen and oxygen atoms in total. The van der Waals surface area contributed by atoms with E-state index in [1.54, 1.807) is 13.0 Å². The molecule has 0 bridgehead atoms. The Morgan fingerprint density at radius 3 is 2.50 bits per heavy atom. The van der Waals surface area contributed by atoms with E-state index in [2.05, 4.69) is 0 Å². The molecular formula is C17H19NO4. The average Bonchev–Trinajstić information content (AvgIpc) is 2.54. The van der Waals surface area contributed by atoms with Crippen LogP contribution < -0.4 is 15.2 Å². The minimum absolute atomic E-state index is 0.269. The van der Waals surface area contributed by atoms with Crippen LogP contribution in [0.4, 0.5) is 5.69 Å². The molecule has 0 amide bonds. The summed E-state index contributed by atoms with van der Waals surface area (Å²) in [4.78, 5) is 11.8. The minimum Gasteiger partial charge on any atom is -0.493 e. The molecule has 0 radical (unpaired) electrons. The highest BCUT2D eigenvalue weighted by Crippen LogP contribution is 2.33. The van der Waals surface area contributed by atoms with E-state index < -0.39 is 5.97 Å². The van der Waals surface area contributed by atoms with Gasteiger partial charge in [0.05, 0.1) is 25.0 Å². The highest BCUT2D eigenvalue weighted by Gasteiger charge is 2.16. The van der Waals surface area contributed by atoms with Gasteiger partial charge in [-0.05, 0) is 12.5 Å². The van der Waals surface area contributed by atoms with E-state index in [1.165, 1.54) is 13.2 Å². The molecule has 116 valence electrons. The standard InChI is InChI=1S/C17H19NO4/c1-3-21-17(19)13-9-15(20-2)16(10-14(13)18)22-11-12-7-5-4-6-8-12/h4-10H,3,11,18H2,1-2H3. The monoisotopic (exact) mass is 301 g/mol. The van der Waals surface area contributed by atoms with Gasteiger partial charge in [0.1, 0.15) is 6.61 Å². The smallest absolute Gasteiger partial charge is 0.340 e. The zero-order chi connectivity index (χ0) is 15.9. The fourth-order valence-corrected chi connectivity index (χ4v) is 1.97. The van der Waals surface area contributed by atoms with Crippen molar-refractivity contribution in [3.63, 3.8) is 0 Å². The Bertz CT molecular complexity index is 641. The third-order valence-electron chi connectivity index (χ3n) is 3.07. The first-order valence-electron chi connectivity index (χ1n) is 6.97. The van der Waals surface area contributed by atoms with Gasteiger partial charge in [-0.2, -0.15) is 0 Å². The van der Waals surface area contributed by atoms with E-state index in [4.69, 9.17) is 19.9 Å². The number of ether oxygens (including phenoxy) is 3. The molecule has 0 saturated carbocycles. The summed E-state index contributed by atoms with van der Waals surface area (Å²) >= 11 is 0. The molecule has 2 aromatic carbocycles. The van der Waals surface area contributed by atoms with Crippen LogP contribution >= 0.6 is 0 Å². The second-order valence-electron chi connectivity index (χ2n) is 4.59. The van der Waals surface area contributed by atoms with Crippen molar-refractivity contribution in [3.8, 4) is 11.5 Å². The molecule has 0 aliphatic rings. The lowest BCUT2D eigenvalue weighted by Crippen LogP contribution is -2.09. The predicted molar refractivity (Wildman–Crippen MR) is 84.1 cm³/mol. The molecule has 2 rings (SSSR count). The minimum atomic E-state index is -0.479. The summed E-state index contributed by atoms with van der Waals surface area (Å²) in [5.74, 6) is 0.443. The molecule has 0 unspecified atom stereocenters. The highest BCUT2D eigenvalue weighted by atomic mass is 16.5. The lowest BCUT2D eigenvalue weighted by atomic mass is 10.1. The molecule has 0 fully saturated rings. The van der Waals surface area contributed by atoms with Gasteiger partial charge in [-0.1, -0.05) is 30.3 Å². The summed E-state index contributed by atoms with van der Waals surface area (Å²) in [7, 11) is 1.51. The SMILES string of the molecule is CCOC(=O)c1cc(OC)c(OCc2ccccc2)cc1N. The zero-order valence-corrected chi connectivity index (χ0v) is 12.7. The van der Waals surface area contributed by atoms with Gasteiger partial charge < -0.3 is 19.9 Å². The van der Waals surface area contributed by atoms with Crippen molar-refractivity contribution in [2.75, 3.05) is 19.5 Å². The molecule has 0 aliphatic heterocycles. The van der Waals surface area contributed by atoms with E-state index >= 15 is 0 Å². The quantitative estimate of drug-likeness (QED) is 0.656. The largest absolute Gasteiger partial charge is 0.493 e. The van der Waals surface area contributed by atoms with Crippen molar-refractivity contribution in [3.05, 3.63) is 53.6 Å². The van der Waals surface area contributed by atoms with Gasteiger partial charge in [0.25, 0.3) is 0 Å². The number of nitrogen functional groups attached to an aromatic ring is 1. The Morgan fingerprint density at radius 2 is 1.86 bits per heavy atom. The van der Waals surface area contributed by atoms with Gasteiger partial charge in [0, 0.05) is 12.1 Å². The van der Waals surface area contributed by atoms with Crippen molar-refractivity contribution in [1.82, 2.24) is 0 Å². The Hall–Kier alpha value is -2.69. The highest BCUT2D eigenvalue weighted by molar-refractivity contribution is 5.96. The van der Waals surface area contributed by atoms with Gasteiger partial charge in [-0.15, -0.1) is 0 Å². The molecule has 5 heteroatoms. The van der Waals surface area contributed by atoms with E-state index in [9.17, 15) is 4.79 Å². The Labute approximate surface area is 129 Å². The van der Waals surface area contributed by atoms with Crippen LogP contribution in [-0.4, -0.2) is 19.7 Å². The second-order valence-corrected chi connectivity index (χ2v) is 4.59. The van der Waals surface area contributed by atoms with Crippen LogP contribution in [0.3, 0.4) is 0 Å². The third kappa shape index (κ3) is 3.69. The van der Waals surface area contributed by atoms with Crippen molar-refractivity contribution < 1.29 is 19.0 Å². The number of methoxy groups -OCH3 is 1. The first-order chi connectivity index (χ1) is 10.7. The third-order valence-corrected chi connectivity index (χ3v) is 3.07. The zero-order valence-electron chi connectivity index (χ0n) is 12.7. The van der Waals surface area contributed by atoms with Crippen molar-refractivity contribution >= 4 is 11.7 Å². The number of nitrogens with two attached hydrogens (primary N) is 1. The summed E-state index contributed by atoms with van der Waals surface area (Å²) in [6.45, 7) is 2.41. The molecule has 0 spiro atoms. The maximum Gasteiger partial charge on any atom is 0.340 e. The van der Waals surface area contributed by atoms with Crippen LogP contribution in [0.5, 0.6) is 11.5 Å². The second kappa shape index (κ2) is 7.36. The maximum atomic E-state index is 11.8. The fourth-order valence-electron chi connectivity index (χ4n) is 1.97. The molecule has 0 heterocycles. The summed E-state index contributed by atoms with van der Waals surface area (Å²) < 4.78 is 16.0. The van der Waals surface area contributed by atoms with E-state index in [1.807, 2.05) is 30.3 Å². The van der Waals surface area contributed by atoms with E-state index in [0.717, 1.165) is 5.56 Å². The Kier molecular flexibility index (Phi) is 5.25. The maximum absolute atomic E-state index is 11.8. The number of carbonyl (C=O) groups is 1. The molecule has 0 atom stereocenters. The van der Waals surface area contributed by atoms with Crippen LogP contribution in [-0.2, 0) is 11.3 Å². The number of rotatable bonds is 6. The van der Waals surface area contributed by atoms with Gasteiger partial charge in [0.2, 0.25) is 0 Å². The number of anilines is 1. The van der Waals surface area contributed by atoms with Crippen LogP contribution in [0.1, 0.15) is 22.8 Å². The van der Waals surface area contributed by atoms with Crippen molar-refractivity contribution in [1.29, 1.82) is 0 Å². The molecule has 0 saturated heterocycles. The lowest BCUT2D eigenvalue weighted by Gasteiger charge is -2.14. The summed E-state index contributed by atoms with van der Waals surface area (Å²) in [5, 5.41) is 0. The van der Waals surface area contributed by atoms with Gasteiger partial charge >= 0.3 is 5.97 Å². The summed E-state index contributed by atoms with van der Waals surface area (Å²) in [5.41, 5.74) is 7.50. The predicted octanol–water partition coefficient (Wildman–Crippen LogP) is 3.03. The number of hydrogen-bond donors (Lipinski definition) is 1. The van der Waals surface area contributed by atoms with Crippen LogP contribution in [0.15, 0.2) is 42.5 Å². The molecule has 2 aromatic rings. The fraction of sp³-hybridized carbons (Fsp3) is 0.235. The van der Waals surface area contributed by atoms with Gasteiger partial charge in [0.15, 0.2) is 11.5 Å². The van der Waals surface area contributed by atoms with E-state index in [-0.39, 0.29) is 12.2 Å². The number of benzene rings is 2. The van der Waals surface area contributed by atoms with Crippen LogP contribution in [0, 0.1) is 0 Å². The van der Waals surface area contributed by atoms with Crippen LogP contribution in [0.25, 0.3) is 0 Å². The molecule has 0 aliphatic carbocycles. The number of carbonyl (C=O) groups excluding carboxylic acids is 1. The Morgan fingerprint density at radius 1 is 1.14 bits per heavy atom. The van der Waals surface area contributed by atoms with E-state index in [0.29, 0.717) is 23.8 Å².